The van der Waals surface area contributed by atoms with Crippen LogP contribution in [0.3, 0.4) is 0 Å². The minimum atomic E-state index is -0.631. The number of ether oxygens (including phenoxy) is 1. The zero-order valence-corrected chi connectivity index (χ0v) is 16.8. The van der Waals surface area contributed by atoms with Crippen LogP contribution in [0.5, 0.6) is 0 Å². The number of fused-ring (bicyclic) bond motifs is 3. The fourth-order valence-corrected chi connectivity index (χ4v) is 3.83. The van der Waals surface area contributed by atoms with E-state index in [1.807, 2.05) is 19.9 Å². The summed E-state index contributed by atoms with van der Waals surface area (Å²) in [5, 5.41) is 1.06. The molecule has 0 unspecified atom stereocenters. The maximum atomic E-state index is 14.9. The van der Waals surface area contributed by atoms with Gasteiger partial charge >= 0.3 is 0 Å². The van der Waals surface area contributed by atoms with E-state index in [1.165, 1.54) is 6.07 Å². The zero-order valence-electron chi connectivity index (χ0n) is 16.1. The van der Waals surface area contributed by atoms with E-state index in [1.54, 1.807) is 23.2 Å². The fourth-order valence-electron chi connectivity index (χ4n) is 3.72. The van der Waals surface area contributed by atoms with Crippen LogP contribution in [-0.4, -0.2) is 27.3 Å². The van der Waals surface area contributed by atoms with Gasteiger partial charge in [-0.1, -0.05) is 17.7 Å². The molecule has 0 saturated carbocycles. The molecule has 2 aromatic heterocycles. The molecule has 0 fully saturated rings. The molecule has 0 saturated heterocycles. The number of nitrogens with two attached hydrogens (primary N) is 1. The van der Waals surface area contributed by atoms with E-state index in [0.29, 0.717) is 41.6 Å². The van der Waals surface area contributed by atoms with Gasteiger partial charge in [0, 0.05) is 29.8 Å². The lowest BCUT2D eigenvalue weighted by Gasteiger charge is -2.28. The van der Waals surface area contributed by atoms with Crippen LogP contribution in [0, 0.1) is 5.82 Å². The number of pyridine rings is 2. The van der Waals surface area contributed by atoms with Gasteiger partial charge in [0.25, 0.3) is 5.91 Å². The molecule has 1 aliphatic rings. The second kappa shape index (κ2) is 7.57. The van der Waals surface area contributed by atoms with Crippen molar-refractivity contribution in [3.05, 3.63) is 63.7 Å². The quantitative estimate of drug-likeness (QED) is 0.645. The number of carbonyl (C=O) groups is 1. The first-order chi connectivity index (χ1) is 13.9. The van der Waals surface area contributed by atoms with E-state index in [0.717, 1.165) is 16.7 Å². The Kier molecular flexibility index (Phi) is 5.10. The van der Waals surface area contributed by atoms with Gasteiger partial charge in [-0.05, 0) is 37.1 Å². The first kappa shape index (κ1) is 19.5. The summed E-state index contributed by atoms with van der Waals surface area (Å²) in [6.45, 7) is 4.86. The molecule has 150 valence electrons. The van der Waals surface area contributed by atoms with Crippen molar-refractivity contribution < 1.29 is 13.9 Å². The minimum Gasteiger partial charge on any atom is -0.383 e. The maximum Gasteiger partial charge on any atom is 0.257 e. The average Bonchev–Trinajstić information content (AvgIpc) is 3.19. The van der Waals surface area contributed by atoms with E-state index in [2.05, 4.69) is 9.97 Å². The van der Waals surface area contributed by atoms with Crippen molar-refractivity contribution in [2.24, 2.45) is 0 Å². The molecule has 8 heteroatoms. The number of carbonyl (C=O) groups excluding carboxylic acids is 1. The monoisotopic (exact) mass is 414 g/mol. The molecule has 1 aliphatic heterocycles. The summed E-state index contributed by atoms with van der Waals surface area (Å²) < 4.78 is 20.4. The van der Waals surface area contributed by atoms with Crippen LogP contribution in [0.15, 0.2) is 30.5 Å². The first-order valence-corrected chi connectivity index (χ1v) is 9.69. The van der Waals surface area contributed by atoms with Crippen LogP contribution in [0.25, 0.3) is 10.9 Å². The Morgan fingerprint density at radius 2 is 2.10 bits per heavy atom. The summed E-state index contributed by atoms with van der Waals surface area (Å²) in [6.07, 6.45) is 1.62. The standard InChI is InChI=1S/C21H20ClFN4O2/c1-3-27(11(2)12-4-5-19(22)25-8-12)21(28)14-6-13-15-9-29-10-16(15)20(24)26-18(13)7-17(14)23/h4-8,11H,3,9-10H2,1-2H3,(H2,24,26)/t11-/m0/s1. The van der Waals surface area contributed by atoms with Crippen molar-refractivity contribution in [2.75, 3.05) is 12.3 Å². The van der Waals surface area contributed by atoms with Crippen LogP contribution in [0.4, 0.5) is 10.2 Å². The van der Waals surface area contributed by atoms with Crippen LogP contribution >= 0.6 is 11.6 Å². The SMILES string of the molecule is CCN(C(=O)c1cc2c3c(c(N)nc2cc1F)COC3)[C@@H](C)c1ccc(Cl)nc1. The molecule has 1 atom stereocenters. The largest absolute Gasteiger partial charge is 0.383 e. The number of amides is 1. The Labute approximate surface area is 172 Å². The summed E-state index contributed by atoms with van der Waals surface area (Å²) in [5.74, 6) is -0.700. The second-order valence-electron chi connectivity index (χ2n) is 6.98. The highest BCUT2D eigenvalue weighted by Crippen LogP contribution is 2.33. The smallest absolute Gasteiger partial charge is 0.257 e. The van der Waals surface area contributed by atoms with E-state index < -0.39 is 11.7 Å². The van der Waals surface area contributed by atoms with Gasteiger partial charge in [-0.2, -0.15) is 0 Å². The van der Waals surface area contributed by atoms with Crippen LogP contribution < -0.4 is 5.73 Å². The molecule has 0 aliphatic carbocycles. The molecule has 6 nitrogen and oxygen atoms in total. The Morgan fingerprint density at radius 1 is 1.34 bits per heavy atom. The number of nitrogen functional groups attached to an aromatic ring is 1. The van der Waals surface area contributed by atoms with Crippen molar-refractivity contribution >= 4 is 34.2 Å². The topological polar surface area (TPSA) is 81.3 Å². The molecule has 2 N–H and O–H groups in total. The number of hydrogen-bond acceptors (Lipinski definition) is 5. The Balaban J connectivity index is 1.76. The van der Waals surface area contributed by atoms with Gasteiger partial charge in [0.1, 0.15) is 16.8 Å². The molecule has 1 amide bonds. The van der Waals surface area contributed by atoms with Gasteiger partial charge < -0.3 is 15.4 Å². The van der Waals surface area contributed by atoms with Crippen LogP contribution in [0.2, 0.25) is 5.15 Å². The van der Waals surface area contributed by atoms with Crippen LogP contribution in [-0.2, 0) is 18.0 Å². The highest BCUT2D eigenvalue weighted by molar-refractivity contribution is 6.29. The van der Waals surface area contributed by atoms with Crippen molar-refractivity contribution in [1.82, 2.24) is 14.9 Å². The lowest BCUT2D eigenvalue weighted by Crippen LogP contribution is -2.34. The number of aromatic nitrogens is 2. The normalized spacial score (nSPS) is 14.1. The number of anilines is 1. The van der Waals surface area contributed by atoms with Crippen molar-refractivity contribution in [3.8, 4) is 0 Å². The molecule has 29 heavy (non-hydrogen) atoms. The van der Waals surface area contributed by atoms with Crippen molar-refractivity contribution in [2.45, 2.75) is 33.1 Å². The third-order valence-electron chi connectivity index (χ3n) is 5.35. The molecular weight excluding hydrogens is 395 g/mol. The predicted octanol–water partition coefficient (Wildman–Crippen LogP) is 4.26. The van der Waals surface area contributed by atoms with E-state index >= 15 is 0 Å². The molecule has 0 spiro atoms. The number of rotatable bonds is 4. The summed E-state index contributed by atoms with van der Waals surface area (Å²) in [4.78, 5) is 23.2. The molecular formula is C21H20ClFN4O2. The summed E-state index contributed by atoms with van der Waals surface area (Å²) in [6, 6.07) is 6.00. The van der Waals surface area contributed by atoms with Crippen molar-refractivity contribution in [3.63, 3.8) is 0 Å². The first-order valence-electron chi connectivity index (χ1n) is 9.31. The minimum absolute atomic E-state index is 0.00575. The summed E-state index contributed by atoms with van der Waals surface area (Å²) in [7, 11) is 0. The molecule has 0 radical (unpaired) electrons. The predicted molar refractivity (Wildman–Crippen MR) is 109 cm³/mol. The Hall–Kier alpha value is -2.77. The molecule has 4 rings (SSSR count). The Bertz CT molecular complexity index is 1100. The van der Waals surface area contributed by atoms with E-state index in [4.69, 9.17) is 22.1 Å². The molecule has 1 aromatic carbocycles. The lowest BCUT2D eigenvalue weighted by molar-refractivity contribution is 0.0697. The Morgan fingerprint density at radius 3 is 2.79 bits per heavy atom. The van der Waals surface area contributed by atoms with E-state index in [-0.39, 0.29) is 11.6 Å². The molecule has 3 aromatic rings. The number of benzene rings is 1. The fraction of sp³-hybridized carbons (Fsp3) is 0.286. The summed E-state index contributed by atoms with van der Waals surface area (Å²) >= 11 is 5.86. The number of halogens is 2. The zero-order chi connectivity index (χ0) is 20.7. The number of nitrogens with zero attached hydrogens (tertiary/aromatic N) is 3. The maximum absolute atomic E-state index is 14.9. The van der Waals surface area contributed by atoms with Crippen molar-refractivity contribution in [1.29, 1.82) is 0 Å². The highest BCUT2D eigenvalue weighted by atomic mass is 35.5. The van der Waals surface area contributed by atoms with Crippen LogP contribution in [0.1, 0.15) is 46.9 Å². The van der Waals surface area contributed by atoms with Gasteiger partial charge in [0.2, 0.25) is 0 Å². The average molecular weight is 415 g/mol. The lowest BCUT2D eigenvalue weighted by atomic mass is 10.0. The highest BCUT2D eigenvalue weighted by Gasteiger charge is 2.26. The van der Waals surface area contributed by atoms with Gasteiger partial charge in [-0.15, -0.1) is 0 Å². The third kappa shape index (κ3) is 3.41. The molecule has 3 heterocycles. The second-order valence-corrected chi connectivity index (χ2v) is 7.36. The van der Waals surface area contributed by atoms with Gasteiger partial charge in [-0.3, -0.25) is 4.79 Å². The molecule has 0 bridgehead atoms. The van der Waals surface area contributed by atoms with Gasteiger partial charge in [0.15, 0.2) is 0 Å². The number of hydrogen-bond donors (Lipinski definition) is 1. The van der Waals surface area contributed by atoms with Gasteiger partial charge in [0.05, 0.1) is 30.3 Å². The summed E-state index contributed by atoms with van der Waals surface area (Å²) in [5.41, 5.74) is 8.85. The van der Waals surface area contributed by atoms with Gasteiger partial charge in [-0.25, -0.2) is 14.4 Å². The van der Waals surface area contributed by atoms with E-state index in [9.17, 15) is 9.18 Å². The third-order valence-corrected chi connectivity index (χ3v) is 5.57.